The molecule has 0 radical (unpaired) electrons. The number of nitro groups is 1. The molecule has 0 aliphatic heterocycles. The molecule has 0 saturated carbocycles. The van der Waals surface area contributed by atoms with Crippen LogP contribution in [0.25, 0.3) is 0 Å². The molecule has 0 amide bonds. The van der Waals surface area contributed by atoms with Crippen molar-refractivity contribution in [1.82, 2.24) is 0 Å². The van der Waals surface area contributed by atoms with Gasteiger partial charge in [0, 0.05) is 22.7 Å². The van der Waals surface area contributed by atoms with Gasteiger partial charge in [-0.1, -0.05) is 48.0 Å². The van der Waals surface area contributed by atoms with Crippen molar-refractivity contribution in [3.05, 3.63) is 74.8 Å². The van der Waals surface area contributed by atoms with Gasteiger partial charge in [-0.25, -0.2) is 0 Å². The SMILES string of the molecule is NC(Cc1ccccc1Cl)Cc1ccccc1[N+](=O)[O-]. The van der Waals surface area contributed by atoms with Crippen LogP contribution in [0, 0.1) is 10.1 Å². The van der Waals surface area contributed by atoms with E-state index >= 15 is 0 Å². The molecule has 0 aromatic heterocycles. The van der Waals surface area contributed by atoms with E-state index in [1.165, 1.54) is 6.07 Å². The normalized spacial score (nSPS) is 12.1. The zero-order chi connectivity index (χ0) is 14.5. The fourth-order valence-corrected chi connectivity index (χ4v) is 2.38. The van der Waals surface area contributed by atoms with Gasteiger partial charge >= 0.3 is 0 Å². The van der Waals surface area contributed by atoms with Gasteiger partial charge < -0.3 is 5.73 Å². The first kappa shape index (κ1) is 14.5. The van der Waals surface area contributed by atoms with E-state index in [1.807, 2.05) is 24.3 Å². The third-order valence-electron chi connectivity index (χ3n) is 3.11. The van der Waals surface area contributed by atoms with Gasteiger partial charge in [0.15, 0.2) is 0 Å². The van der Waals surface area contributed by atoms with E-state index in [2.05, 4.69) is 0 Å². The Bertz CT molecular complexity index is 616. The van der Waals surface area contributed by atoms with Crippen molar-refractivity contribution in [3.63, 3.8) is 0 Å². The highest BCUT2D eigenvalue weighted by Gasteiger charge is 2.16. The molecule has 1 unspecified atom stereocenters. The lowest BCUT2D eigenvalue weighted by Gasteiger charge is -2.13. The van der Waals surface area contributed by atoms with Gasteiger partial charge in [0.1, 0.15) is 0 Å². The van der Waals surface area contributed by atoms with Gasteiger partial charge in [-0.3, -0.25) is 10.1 Å². The molecule has 4 nitrogen and oxygen atoms in total. The van der Waals surface area contributed by atoms with Gasteiger partial charge in [0.2, 0.25) is 0 Å². The second-order valence-corrected chi connectivity index (χ2v) is 5.05. The Morgan fingerprint density at radius 2 is 1.60 bits per heavy atom. The Kier molecular flexibility index (Phi) is 4.71. The zero-order valence-electron chi connectivity index (χ0n) is 10.8. The standard InChI is InChI=1S/C15H15ClN2O2/c16-14-7-3-1-5-11(14)9-13(17)10-12-6-2-4-8-15(12)18(19)20/h1-8,13H,9-10,17H2. The molecule has 2 aromatic rings. The van der Waals surface area contributed by atoms with Crippen LogP contribution in [-0.2, 0) is 12.8 Å². The van der Waals surface area contributed by atoms with Crippen LogP contribution in [0.2, 0.25) is 5.02 Å². The highest BCUT2D eigenvalue weighted by atomic mass is 35.5. The Morgan fingerprint density at radius 1 is 1.05 bits per heavy atom. The van der Waals surface area contributed by atoms with E-state index in [0.29, 0.717) is 23.4 Å². The van der Waals surface area contributed by atoms with Crippen LogP contribution in [0.4, 0.5) is 5.69 Å². The molecular formula is C15H15ClN2O2. The van der Waals surface area contributed by atoms with E-state index in [4.69, 9.17) is 17.3 Å². The molecule has 0 fully saturated rings. The molecule has 0 spiro atoms. The predicted molar refractivity (Wildman–Crippen MR) is 79.9 cm³/mol. The summed E-state index contributed by atoms with van der Waals surface area (Å²) in [5.74, 6) is 0. The van der Waals surface area contributed by atoms with Crippen LogP contribution in [0.1, 0.15) is 11.1 Å². The summed E-state index contributed by atoms with van der Waals surface area (Å²) < 4.78 is 0. The van der Waals surface area contributed by atoms with E-state index in [9.17, 15) is 10.1 Å². The molecule has 2 N–H and O–H groups in total. The first-order valence-corrected chi connectivity index (χ1v) is 6.67. The number of nitro benzene ring substituents is 1. The minimum Gasteiger partial charge on any atom is -0.327 e. The summed E-state index contributed by atoms with van der Waals surface area (Å²) in [7, 11) is 0. The first-order chi connectivity index (χ1) is 9.58. The summed E-state index contributed by atoms with van der Waals surface area (Å²) in [4.78, 5) is 10.6. The van der Waals surface area contributed by atoms with Crippen molar-refractivity contribution in [2.45, 2.75) is 18.9 Å². The second kappa shape index (κ2) is 6.50. The number of hydrogen-bond acceptors (Lipinski definition) is 3. The summed E-state index contributed by atoms with van der Waals surface area (Å²) in [5, 5.41) is 11.6. The van der Waals surface area contributed by atoms with Gasteiger partial charge in [-0.15, -0.1) is 0 Å². The van der Waals surface area contributed by atoms with Crippen molar-refractivity contribution < 1.29 is 4.92 Å². The first-order valence-electron chi connectivity index (χ1n) is 6.29. The van der Waals surface area contributed by atoms with E-state index in [0.717, 1.165) is 5.56 Å². The van der Waals surface area contributed by atoms with Crippen LogP contribution in [0.15, 0.2) is 48.5 Å². The molecule has 0 aliphatic rings. The van der Waals surface area contributed by atoms with Gasteiger partial charge in [0.05, 0.1) is 4.92 Å². The fourth-order valence-electron chi connectivity index (χ4n) is 2.16. The number of para-hydroxylation sites is 1. The monoisotopic (exact) mass is 290 g/mol. The van der Waals surface area contributed by atoms with Crippen molar-refractivity contribution in [1.29, 1.82) is 0 Å². The molecule has 1 atom stereocenters. The summed E-state index contributed by atoms with van der Waals surface area (Å²) in [5.41, 5.74) is 7.82. The maximum Gasteiger partial charge on any atom is 0.272 e. The summed E-state index contributed by atoms with van der Waals surface area (Å²) in [6.45, 7) is 0. The largest absolute Gasteiger partial charge is 0.327 e. The smallest absolute Gasteiger partial charge is 0.272 e. The molecule has 20 heavy (non-hydrogen) atoms. The third kappa shape index (κ3) is 3.56. The maximum atomic E-state index is 11.0. The van der Waals surface area contributed by atoms with Crippen molar-refractivity contribution in [2.75, 3.05) is 0 Å². The maximum absolute atomic E-state index is 11.0. The number of halogens is 1. The lowest BCUT2D eigenvalue weighted by Crippen LogP contribution is -2.26. The van der Waals surface area contributed by atoms with Crippen molar-refractivity contribution in [2.24, 2.45) is 5.73 Å². The van der Waals surface area contributed by atoms with Gasteiger partial charge in [-0.05, 0) is 24.5 Å². The topological polar surface area (TPSA) is 69.2 Å². The summed E-state index contributed by atoms with van der Waals surface area (Å²) in [6.07, 6.45) is 1.04. The Morgan fingerprint density at radius 3 is 2.25 bits per heavy atom. The van der Waals surface area contributed by atoms with Crippen LogP contribution >= 0.6 is 11.6 Å². The lowest BCUT2D eigenvalue weighted by atomic mass is 9.99. The lowest BCUT2D eigenvalue weighted by molar-refractivity contribution is -0.385. The number of nitrogens with two attached hydrogens (primary N) is 1. The van der Waals surface area contributed by atoms with Gasteiger partial charge in [0.25, 0.3) is 5.69 Å². The molecule has 2 aromatic carbocycles. The average Bonchev–Trinajstić information content (AvgIpc) is 2.41. The number of nitrogens with zero attached hydrogens (tertiary/aromatic N) is 1. The van der Waals surface area contributed by atoms with Crippen molar-refractivity contribution in [3.8, 4) is 0 Å². The highest BCUT2D eigenvalue weighted by molar-refractivity contribution is 6.31. The minimum absolute atomic E-state index is 0.113. The van der Waals surface area contributed by atoms with Crippen LogP contribution in [-0.4, -0.2) is 11.0 Å². The van der Waals surface area contributed by atoms with E-state index in [1.54, 1.807) is 18.2 Å². The third-order valence-corrected chi connectivity index (χ3v) is 3.48. The summed E-state index contributed by atoms with van der Waals surface area (Å²) in [6, 6.07) is 14.0. The van der Waals surface area contributed by atoms with E-state index in [-0.39, 0.29) is 16.7 Å². The molecule has 104 valence electrons. The zero-order valence-corrected chi connectivity index (χ0v) is 11.6. The van der Waals surface area contributed by atoms with Crippen LogP contribution in [0.3, 0.4) is 0 Å². The number of hydrogen-bond donors (Lipinski definition) is 1. The molecule has 0 bridgehead atoms. The molecule has 2 rings (SSSR count). The quantitative estimate of drug-likeness (QED) is 0.678. The molecule has 0 aliphatic carbocycles. The number of benzene rings is 2. The molecule has 0 heterocycles. The molecular weight excluding hydrogens is 276 g/mol. The Hall–Kier alpha value is -1.91. The van der Waals surface area contributed by atoms with Crippen LogP contribution < -0.4 is 5.73 Å². The molecule has 0 saturated heterocycles. The second-order valence-electron chi connectivity index (χ2n) is 4.65. The molecule has 5 heteroatoms. The predicted octanol–water partition coefficient (Wildman–Crippen LogP) is 3.36. The Labute approximate surface area is 122 Å². The van der Waals surface area contributed by atoms with Crippen LogP contribution in [0.5, 0.6) is 0 Å². The van der Waals surface area contributed by atoms with E-state index < -0.39 is 0 Å². The fraction of sp³-hybridized carbons (Fsp3) is 0.200. The van der Waals surface area contributed by atoms with Crippen molar-refractivity contribution >= 4 is 17.3 Å². The van der Waals surface area contributed by atoms with Gasteiger partial charge in [-0.2, -0.15) is 0 Å². The highest BCUT2D eigenvalue weighted by Crippen LogP contribution is 2.21. The number of rotatable bonds is 5. The minimum atomic E-state index is -0.377. The Balaban J connectivity index is 2.11. The summed E-state index contributed by atoms with van der Waals surface area (Å²) >= 11 is 6.09. The average molecular weight is 291 g/mol.